The van der Waals surface area contributed by atoms with Crippen LogP contribution in [-0.4, -0.2) is 60.3 Å². The van der Waals surface area contributed by atoms with Gasteiger partial charge in [0.05, 0.1) is 19.8 Å². The molecule has 9 heteroatoms. The lowest BCUT2D eigenvalue weighted by molar-refractivity contribution is -0.121. The van der Waals surface area contributed by atoms with Crippen molar-refractivity contribution in [2.24, 2.45) is 0 Å². The quantitative estimate of drug-likeness (QED) is 0.738. The van der Waals surface area contributed by atoms with E-state index in [-0.39, 0.29) is 5.91 Å². The van der Waals surface area contributed by atoms with Crippen LogP contribution in [0.4, 0.5) is 11.9 Å². The number of anilines is 2. The summed E-state index contributed by atoms with van der Waals surface area (Å²) in [5.74, 6) is 2.04. The minimum Gasteiger partial charge on any atom is -0.378 e. The molecule has 0 unspecified atom stereocenters. The van der Waals surface area contributed by atoms with Crippen molar-refractivity contribution in [3.63, 3.8) is 0 Å². The van der Waals surface area contributed by atoms with Crippen molar-refractivity contribution in [3.8, 4) is 0 Å². The number of aromatic nitrogens is 3. The summed E-state index contributed by atoms with van der Waals surface area (Å²) in [5, 5.41) is 5.05. The molecule has 2 aliphatic heterocycles. The van der Waals surface area contributed by atoms with E-state index < -0.39 is 0 Å². The van der Waals surface area contributed by atoms with Gasteiger partial charge in [-0.1, -0.05) is 0 Å². The Kier molecular flexibility index (Phi) is 6.56. The zero-order valence-corrected chi connectivity index (χ0v) is 17.7. The molecular formula is C20H28N6O2S. The smallest absolute Gasteiger partial charge is 0.230 e. The van der Waals surface area contributed by atoms with Crippen LogP contribution in [0.15, 0.2) is 11.4 Å². The van der Waals surface area contributed by atoms with Crippen LogP contribution in [0.1, 0.15) is 35.5 Å². The Morgan fingerprint density at radius 2 is 1.79 bits per heavy atom. The van der Waals surface area contributed by atoms with Gasteiger partial charge >= 0.3 is 0 Å². The summed E-state index contributed by atoms with van der Waals surface area (Å²) >= 11 is 1.71. The Hall–Kier alpha value is -2.26. The molecule has 1 amide bonds. The molecule has 2 fully saturated rings. The lowest BCUT2D eigenvalue weighted by Crippen LogP contribution is -2.38. The predicted molar refractivity (Wildman–Crippen MR) is 114 cm³/mol. The minimum atomic E-state index is 0.0221. The van der Waals surface area contributed by atoms with Gasteiger partial charge in [-0.05, 0) is 43.2 Å². The number of hydrogen-bond donors (Lipinski definition) is 1. The van der Waals surface area contributed by atoms with Crippen LogP contribution < -0.4 is 15.1 Å². The third-order valence-corrected chi connectivity index (χ3v) is 6.41. The minimum absolute atomic E-state index is 0.0221. The third kappa shape index (κ3) is 5.22. The van der Waals surface area contributed by atoms with Crippen molar-refractivity contribution in [3.05, 3.63) is 27.7 Å². The second-order valence-corrected chi connectivity index (χ2v) is 8.45. The van der Waals surface area contributed by atoms with E-state index in [2.05, 4.69) is 43.5 Å². The molecule has 0 spiro atoms. The fraction of sp³-hybridized carbons (Fsp3) is 0.600. The van der Waals surface area contributed by atoms with E-state index in [1.54, 1.807) is 11.3 Å². The maximum absolute atomic E-state index is 12.3. The summed E-state index contributed by atoms with van der Waals surface area (Å²) in [6.07, 6.45) is 3.56. The number of carbonyl (C=O) groups is 1. The fourth-order valence-corrected chi connectivity index (χ4v) is 4.50. The highest BCUT2D eigenvalue weighted by molar-refractivity contribution is 7.10. The largest absolute Gasteiger partial charge is 0.378 e. The highest BCUT2D eigenvalue weighted by atomic mass is 32.1. The number of hydrogen-bond acceptors (Lipinski definition) is 8. The first kappa shape index (κ1) is 20.0. The molecule has 8 nitrogen and oxygen atoms in total. The van der Waals surface area contributed by atoms with E-state index in [9.17, 15) is 4.79 Å². The maximum atomic E-state index is 12.3. The van der Waals surface area contributed by atoms with Gasteiger partial charge in [0, 0.05) is 37.5 Å². The summed E-state index contributed by atoms with van der Waals surface area (Å²) in [5.41, 5.74) is 1.26. The number of carbonyl (C=O) groups excluding carboxylic acids is 1. The van der Waals surface area contributed by atoms with Gasteiger partial charge in [-0.3, -0.25) is 4.79 Å². The first-order chi connectivity index (χ1) is 14.2. The van der Waals surface area contributed by atoms with Crippen LogP contribution in [0.25, 0.3) is 0 Å². The third-order valence-electron chi connectivity index (χ3n) is 5.33. The Bertz CT molecular complexity index is 830. The Morgan fingerprint density at radius 1 is 1.10 bits per heavy atom. The zero-order valence-electron chi connectivity index (χ0n) is 16.9. The van der Waals surface area contributed by atoms with Crippen LogP contribution >= 0.6 is 11.3 Å². The number of ether oxygens (including phenoxy) is 1. The van der Waals surface area contributed by atoms with Crippen LogP contribution in [0, 0.1) is 6.92 Å². The molecule has 0 aromatic carbocycles. The molecule has 2 aromatic heterocycles. The SMILES string of the molecule is Cc1ccsc1CCC(=O)NCc1nc(N2CCCC2)nc(N2CCOCC2)n1. The van der Waals surface area contributed by atoms with E-state index in [0.717, 1.165) is 51.4 Å². The second-order valence-electron chi connectivity index (χ2n) is 7.45. The van der Waals surface area contributed by atoms with Crippen molar-refractivity contribution in [1.29, 1.82) is 0 Å². The molecular weight excluding hydrogens is 388 g/mol. The van der Waals surface area contributed by atoms with Crippen molar-refractivity contribution in [1.82, 2.24) is 20.3 Å². The molecule has 2 aliphatic rings. The van der Waals surface area contributed by atoms with Crippen molar-refractivity contribution in [2.75, 3.05) is 49.2 Å². The molecule has 0 saturated carbocycles. The molecule has 0 bridgehead atoms. The van der Waals surface area contributed by atoms with E-state index in [1.807, 2.05) is 0 Å². The molecule has 2 saturated heterocycles. The topological polar surface area (TPSA) is 83.5 Å². The average molecular weight is 417 g/mol. The molecule has 29 heavy (non-hydrogen) atoms. The second kappa shape index (κ2) is 9.49. The molecule has 4 heterocycles. The van der Waals surface area contributed by atoms with Crippen molar-refractivity contribution < 1.29 is 9.53 Å². The summed E-state index contributed by atoms with van der Waals surface area (Å²) < 4.78 is 5.45. The highest BCUT2D eigenvalue weighted by Gasteiger charge is 2.21. The summed E-state index contributed by atoms with van der Waals surface area (Å²) in [6.45, 7) is 7.25. The Labute approximate surface area is 175 Å². The predicted octanol–water partition coefficient (Wildman–Crippen LogP) is 1.93. The number of nitrogens with zero attached hydrogens (tertiary/aromatic N) is 5. The standard InChI is InChI=1S/C20H28N6O2S/c1-15-6-13-29-16(15)4-5-18(27)21-14-17-22-19(25-7-2-3-8-25)24-20(23-17)26-9-11-28-12-10-26/h6,13H,2-5,7-12,14H2,1H3,(H,21,27). The number of nitrogens with one attached hydrogen (secondary N) is 1. The first-order valence-electron chi connectivity index (χ1n) is 10.3. The molecule has 1 N–H and O–H groups in total. The number of amides is 1. The zero-order chi connectivity index (χ0) is 20.1. The van der Waals surface area contributed by atoms with Gasteiger partial charge in [-0.2, -0.15) is 15.0 Å². The van der Waals surface area contributed by atoms with Crippen LogP contribution in [-0.2, 0) is 22.5 Å². The van der Waals surface area contributed by atoms with Gasteiger partial charge < -0.3 is 19.9 Å². The maximum Gasteiger partial charge on any atom is 0.230 e. The normalized spacial score (nSPS) is 17.0. The van der Waals surface area contributed by atoms with Crippen LogP contribution in [0.5, 0.6) is 0 Å². The van der Waals surface area contributed by atoms with E-state index in [4.69, 9.17) is 9.72 Å². The fourth-order valence-electron chi connectivity index (χ4n) is 3.59. The Morgan fingerprint density at radius 3 is 2.45 bits per heavy atom. The van der Waals surface area contributed by atoms with Gasteiger partial charge in [0.1, 0.15) is 0 Å². The van der Waals surface area contributed by atoms with Gasteiger partial charge in [0.15, 0.2) is 5.82 Å². The summed E-state index contributed by atoms with van der Waals surface area (Å²) in [7, 11) is 0. The molecule has 156 valence electrons. The highest BCUT2D eigenvalue weighted by Crippen LogP contribution is 2.20. The van der Waals surface area contributed by atoms with Crippen molar-refractivity contribution in [2.45, 2.75) is 39.2 Å². The Balaban J connectivity index is 1.41. The van der Waals surface area contributed by atoms with E-state index in [0.29, 0.717) is 38.0 Å². The van der Waals surface area contributed by atoms with Gasteiger partial charge in [0.2, 0.25) is 17.8 Å². The summed E-state index contributed by atoms with van der Waals surface area (Å²) in [6, 6.07) is 2.09. The first-order valence-corrected chi connectivity index (χ1v) is 11.2. The van der Waals surface area contributed by atoms with Gasteiger partial charge in [-0.25, -0.2) is 0 Å². The van der Waals surface area contributed by atoms with Crippen molar-refractivity contribution >= 4 is 29.1 Å². The van der Waals surface area contributed by atoms with Gasteiger partial charge in [0.25, 0.3) is 0 Å². The van der Waals surface area contributed by atoms with Gasteiger partial charge in [-0.15, -0.1) is 11.3 Å². The number of morpholine rings is 1. The molecule has 2 aromatic rings. The van der Waals surface area contributed by atoms with Crippen LogP contribution in [0.3, 0.4) is 0 Å². The molecule has 4 rings (SSSR count). The molecule has 0 atom stereocenters. The lowest BCUT2D eigenvalue weighted by atomic mass is 10.2. The van der Waals surface area contributed by atoms with E-state index >= 15 is 0 Å². The summed E-state index contributed by atoms with van der Waals surface area (Å²) in [4.78, 5) is 31.9. The molecule has 0 radical (unpaired) electrons. The lowest BCUT2D eigenvalue weighted by Gasteiger charge is -2.28. The van der Waals surface area contributed by atoms with E-state index in [1.165, 1.54) is 10.4 Å². The average Bonchev–Trinajstić information content (AvgIpc) is 3.43. The number of aryl methyl sites for hydroxylation is 2. The number of rotatable bonds is 7. The molecule has 0 aliphatic carbocycles. The monoisotopic (exact) mass is 416 g/mol. The number of thiophene rings is 1. The van der Waals surface area contributed by atoms with Crippen LogP contribution in [0.2, 0.25) is 0 Å².